The number of aromatic nitrogens is 1. The predicted molar refractivity (Wildman–Crippen MR) is 61.8 cm³/mol. The fraction of sp³-hybridized carbons (Fsp3) is 0.500. The van der Waals surface area contributed by atoms with Crippen LogP contribution in [-0.2, 0) is 14.8 Å². The van der Waals surface area contributed by atoms with E-state index in [1.54, 1.807) is 0 Å². The van der Waals surface area contributed by atoms with Gasteiger partial charge >= 0.3 is 0 Å². The summed E-state index contributed by atoms with van der Waals surface area (Å²) < 4.78 is 22.2. The second kappa shape index (κ2) is 4.89. The Morgan fingerprint density at radius 2 is 2.19 bits per heavy atom. The van der Waals surface area contributed by atoms with Gasteiger partial charge < -0.3 is 5.32 Å². The van der Waals surface area contributed by atoms with E-state index in [2.05, 4.69) is 10.3 Å². The lowest BCUT2D eigenvalue weighted by Gasteiger charge is -1.97. The molecule has 1 aromatic rings. The lowest BCUT2D eigenvalue weighted by Crippen LogP contribution is -2.11. The molecule has 1 heterocycles. The van der Waals surface area contributed by atoms with Gasteiger partial charge in [0.1, 0.15) is 0 Å². The molecule has 0 fully saturated rings. The van der Waals surface area contributed by atoms with Gasteiger partial charge in [-0.05, 0) is 13.3 Å². The maximum Gasteiger partial charge on any atom is 0.249 e. The molecule has 0 unspecified atom stereocenters. The van der Waals surface area contributed by atoms with E-state index in [4.69, 9.17) is 5.14 Å². The molecule has 0 saturated carbocycles. The molecule has 0 atom stereocenters. The van der Waals surface area contributed by atoms with Gasteiger partial charge in [0, 0.05) is 6.42 Å². The molecule has 0 aliphatic carbocycles. The number of rotatable bonds is 4. The molecule has 0 aliphatic heterocycles. The first-order valence-electron chi connectivity index (χ1n) is 4.64. The van der Waals surface area contributed by atoms with Crippen molar-refractivity contribution < 1.29 is 13.2 Å². The van der Waals surface area contributed by atoms with Crippen molar-refractivity contribution in [3.63, 3.8) is 0 Å². The van der Waals surface area contributed by atoms with Crippen molar-refractivity contribution in [1.82, 2.24) is 4.98 Å². The number of aryl methyl sites for hydroxylation is 1. The van der Waals surface area contributed by atoms with Crippen LogP contribution in [-0.4, -0.2) is 19.3 Å². The number of nitrogens with one attached hydrogen (secondary N) is 1. The first-order valence-corrected chi connectivity index (χ1v) is 7.01. The summed E-state index contributed by atoms with van der Waals surface area (Å²) in [6.45, 7) is 3.41. The predicted octanol–water partition coefficient (Wildman–Crippen LogP) is 0.838. The number of anilines is 1. The van der Waals surface area contributed by atoms with Gasteiger partial charge in [-0.2, -0.15) is 0 Å². The Bertz CT molecular complexity index is 493. The van der Waals surface area contributed by atoms with Crippen LogP contribution in [0.15, 0.2) is 4.21 Å². The van der Waals surface area contributed by atoms with Gasteiger partial charge in [-0.15, -0.1) is 0 Å². The third kappa shape index (κ3) is 3.26. The molecule has 0 aromatic carbocycles. The maximum atomic E-state index is 11.3. The van der Waals surface area contributed by atoms with Crippen molar-refractivity contribution in [2.24, 2.45) is 5.14 Å². The zero-order chi connectivity index (χ0) is 12.3. The van der Waals surface area contributed by atoms with Crippen LogP contribution in [0, 0.1) is 6.92 Å². The average molecular weight is 263 g/mol. The monoisotopic (exact) mass is 263 g/mol. The van der Waals surface area contributed by atoms with E-state index < -0.39 is 10.0 Å². The number of sulfonamides is 1. The molecule has 90 valence electrons. The summed E-state index contributed by atoms with van der Waals surface area (Å²) in [5.41, 5.74) is 0.305. The Morgan fingerprint density at radius 1 is 1.56 bits per heavy atom. The van der Waals surface area contributed by atoms with Gasteiger partial charge in [-0.25, -0.2) is 18.5 Å². The summed E-state index contributed by atoms with van der Waals surface area (Å²) in [7, 11) is -3.76. The maximum absolute atomic E-state index is 11.3. The quantitative estimate of drug-likeness (QED) is 0.840. The van der Waals surface area contributed by atoms with Crippen LogP contribution in [0.3, 0.4) is 0 Å². The van der Waals surface area contributed by atoms with Crippen molar-refractivity contribution in [3.05, 3.63) is 5.69 Å². The average Bonchev–Trinajstić information content (AvgIpc) is 2.46. The highest BCUT2D eigenvalue weighted by Crippen LogP contribution is 2.25. The third-order valence-electron chi connectivity index (χ3n) is 1.74. The molecule has 3 N–H and O–H groups in total. The number of hydrogen-bond acceptors (Lipinski definition) is 5. The van der Waals surface area contributed by atoms with Gasteiger partial charge in [0.2, 0.25) is 15.9 Å². The number of primary sulfonamides is 1. The van der Waals surface area contributed by atoms with Crippen LogP contribution in [0.4, 0.5) is 5.13 Å². The van der Waals surface area contributed by atoms with Crippen LogP contribution in [0.25, 0.3) is 0 Å². The Hall–Kier alpha value is -0.990. The molecule has 6 nitrogen and oxygen atoms in total. The van der Waals surface area contributed by atoms with E-state index in [1.165, 1.54) is 6.92 Å². The first kappa shape index (κ1) is 13.1. The van der Waals surface area contributed by atoms with Crippen molar-refractivity contribution in [1.29, 1.82) is 0 Å². The third-order valence-corrected chi connectivity index (χ3v) is 4.36. The Morgan fingerprint density at radius 3 is 2.62 bits per heavy atom. The second-order valence-electron chi connectivity index (χ2n) is 3.24. The van der Waals surface area contributed by atoms with Crippen LogP contribution in [0.5, 0.6) is 0 Å². The van der Waals surface area contributed by atoms with Crippen molar-refractivity contribution in [3.8, 4) is 0 Å². The fourth-order valence-electron chi connectivity index (χ4n) is 1.11. The number of thiazole rings is 1. The Balaban J connectivity index is 2.90. The normalized spacial score (nSPS) is 11.4. The van der Waals surface area contributed by atoms with E-state index in [0.717, 1.165) is 17.8 Å². The summed E-state index contributed by atoms with van der Waals surface area (Å²) in [4.78, 5) is 15.2. The van der Waals surface area contributed by atoms with Crippen LogP contribution < -0.4 is 10.5 Å². The lowest BCUT2D eigenvalue weighted by molar-refractivity contribution is -0.116. The van der Waals surface area contributed by atoms with Gasteiger partial charge in [-0.3, -0.25) is 4.79 Å². The minimum atomic E-state index is -3.76. The molecule has 0 spiro atoms. The highest BCUT2D eigenvalue weighted by atomic mass is 32.2. The lowest BCUT2D eigenvalue weighted by atomic mass is 10.3. The number of nitrogens with two attached hydrogens (primary N) is 1. The summed E-state index contributed by atoms with van der Waals surface area (Å²) in [5.74, 6) is -0.183. The summed E-state index contributed by atoms with van der Waals surface area (Å²) >= 11 is 0.865. The molecule has 0 bridgehead atoms. The highest BCUT2D eigenvalue weighted by molar-refractivity contribution is 7.91. The summed E-state index contributed by atoms with van der Waals surface area (Å²) in [6, 6.07) is 0. The minimum Gasteiger partial charge on any atom is -0.302 e. The molecule has 16 heavy (non-hydrogen) atoms. The highest BCUT2D eigenvalue weighted by Gasteiger charge is 2.18. The second-order valence-corrected chi connectivity index (χ2v) is 5.99. The summed E-state index contributed by atoms with van der Waals surface area (Å²) in [5, 5.41) is 7.78. The smallest absolute Gasteiger partial charge is 0.249 e. The van der Waals surface area contributed by atoms with Crippen LogP contribution in [0.1, 0.15) is 25.5 Å². The molecular weight excluding hydrogens is 250 g/mol. The van der Waals surface area contributed by atoms with E-state index in [1.807, 2.05) is 6.92 Å². The molecule has 1 rings (SSSR count). The summed E-state index contributed by atoms with van der Waals surface area (Å²) in [6.07, 6.45) is 1.10. The molecule has 0 radical (unpaired) electrons. The SMILES string of the molecule is CCCC(=O)Nc1nc(C)c(S(N)(=O)=O)s1. The van der Waals surface area contributed by atoms with Crippen LogP contribution in [0.2, 0.25) is 0 Å². The standard InChI is InChI=1S/C8H13N3O3S2/c1-3-4-6(12)11-8-10-5(2)7(15-8)16(9,13)14/h3-4H2,1-2H3,(H2,9,13,14)(H,10,11,12). The van der Waals surface area contributed by atoms with Gasteiger partial charge in [0.15, 0.2) is 9.34 Å². The number of carbonyl (C=O) groups excluding carboxylic acids is 1. The molecule has 1 aromatic heterocycles. The largest absolute Gasteiger partial charge is 0.302 e. The first-order chi connectivity index (χ1) is 7.34. The van der Waals surface area contributed by atoms with Crippen molar-refractivity contribution in [2.75, 3.05) is 5.32 Å². The van der Waals surface area contributed by atoms with Gasteiger partial charge in [0.25, 0.3) is 0 Å². The van der Waals surface area contributed by atoms with Crippen molar-refractivity contribution >= 4 is 32.4 Å². The topological polar surface area (TPSA) is 102 Å². The van der Waals surface area contributed by atoms with E-state index in [0.29, 0.717) is 12.1 Å². The zero-order valence-electron chi connectivity index (χ0n) is 8.98. The van der Waals surface area contributed by atoms with E-state index >= 15 is 0 Å². The van der Waals surface area contributed by atoms with Gasteiger partial charge in [-0.1, -0.05) is 18.3 Å². The molecular formula is C8H13N3O3S2. The molecule has 1 amide bonds. The van der Waals surface area contributed by atoms with Gasteiger partial charge in [0.05, 0.1) is 5.69 Å². The van der Waals surface area contributed by atoms with E-state index in [-0.39, 0.29) is 15.2 Å². The molecule has 8 heteroatoms. The zero-order valence-corrected chi connectivity index (χ0v) is 10.6. The number of nitrogens with zero attached hydrogens (tertiary/aromatic N) is 1. The fourth-order valence-corrected chi connectivity index (χ4v) is 2.98. The number of carbonyl (C=O) groups is 1. The molecule has 0 aliphatic rings. The Labute approximate surface area is 97.9 Å². The number of hydrogen-bond donors (Lipinski definition) is 2. The Kier molecular flexibility index (Phi) is 4.00. The van der Waals surface area contributed by atoms with E-state index in [9.17, 15) is 13.2 Å². The molecule has 0 saturated heterocycles. The van der Waals surface area contributed by atoms with Crippen molar-refractivity contribution in [2.45, 2.75) is 30.9 Å². The number of amides is 1. The van der Waals surface area contributed by atoms with Crippen LogP contribution >= 0.6 is 11.3 Å². The minimum absolute atomic E-state index is 0.0145.